The summed E-state index contributed by atoms with van der Waals surface area (Å²) in [5, 5.41) is 2.14. The molecule has 0 amide bonds. The van der Waals surface area contributed by atoms with E-state index in [9.17, 15) is 0 Å². The quantitative estimate of drug-likeness (QED) is 0.250. The summed E-state index contributed by atoms with van der Waals surface area (Å²) in [5.41, 5.74) is 9.17. The first-order valence-electron chi connectivity index (χ1n) is 13.6. The van der Waals surface area contributed by atoms with Crippen molar-refractivity contribution in [2.45, 2.75) is 53.3 Å². The van der Waals surface area contributed by atoms with Gasteiger partial charge in [0.25, 0.3) is 0 Å². The second kappa shape index (κ2) is 8.43. The topological polar surface area (TPSA) is 17.0 Å². The number of furan rings is 1. The van der Waals surface area contributed by atoms with Crippen molar-refractivity contribution < 1.29 is 13.1 Å². The van der Waals surface area contributed by atoms with E-state index in [0.717, 1.165) is 61.0 Å². The number of hydrogen-bond acceptors (Lipinski definition) is 1. The molecule has 0 bridgehead atoms. The number of hydrogen-bond donors (Lipinski definition) is 0. The molecule has 0 N–H and O–H groups in total. The summed E-state index contributed by atoms with van der Waals surface area (Å²) in [6.07, 6.45) is 1.79. The molecule has 5 rings (SSSR count). The van der Waals surface area contributed by atoms with Gasteiger partial charge in [0.05, 0.1) is 5.56 Å². The summed E-state index contributed by atoms with van der Waals surface area (Å²) in [6, 6.07) is 20.7. The van der Waals surface area contributed by atoms with Crippen LogP contribution < -0.4 is 4.57 Å². The zero-order valence-corrected chi connectivity index (χ0v) is 20.9. The van der Waals surface area contributed by atoms with Gasteiger partial charge < -0.3 is 4.42 Å². The Morgan fingerprint density at radius 2 is 1.50 bits per heavy atom. The lowest BCUT2D eigenvalue weighted by molar-refractivity contribution is -0.660. The van der Waals surface area contributed by atoms with Gasteiger partial charge in [-0.25, -0.2) is 4.57 Å². The van der Waals surface area contributed by atoms with Gasteiger partial charge in [-0.05, 0) is 59.5 Å². The van der Waals surface area contributed by atoms with Gasteiger partial charge >= 0.3 is 0 Å². The minimum atomic E-state index is -2.26. The van der Waals surface area contributed by atoms with E-state index in [4.69, 9.17) is 8.53 Å². The van der Waals surface area contributed by atoms with E-state index >= 15 is 0 Å². The molecule has 5 aromatic rings. The maximum atomic E-state index is 8.44. The molecule has 2 aromatic heterocycles. The number of aryl methyl sites for hydroxylation is 3. The number of nitrogens with zero attached hydrogens (tertiary/aromatic N) is 1. The molecule has 3 aromatic carbocycles. The van der Waals surface area contributed by atoms with E-state index in [1.807, 2.05) is 29.8 Å². The third-order valence-electron chi connectivity index (χ3n) is 6.93. The molecular weight excluding hydrogens is 414 g/mol. The van der Waals surface area contributed by atoms with Gasteiger partial charge in [0.1, 0.15) is 18.2 Å². The molecular formula is C32H34NO+. The molecule has 34 heavy (non-hydrogen) atoms. The highest BCUT2D eigenvalue weighted by atomic mass is 16.3. The van der Waals surface area contributed by atoms with Crippen LogP contribution in [0.25, 0.3) is 44.3 Å². The molecule has 2 nitrogen and oxygen atoms in total. The van der Waals surface area contributed by atoms with E-state index in [1.165, 1.54) is 0 Å². The van der Waals surface area contributed by atoms with Gasteiger partial charge in [-0.1, -0.05) is 76.2 Å². The molecule has 0 saturated carbocycles. The average Bonchev–Trinajstić information content (AvgIpc) is 3.21. The summed E-state index contributed by atoms with van der Waals surface area (Å²) in [4.78, 5) is 0. The fraction of sp³-hybridized carbons (Fsp3) is 0.281. The van der Waals surface area contributed by atoms with Crippen LogP contribution in [-0.2, 0) is 7.05 Å². The van der Waals surface area contributed by atoms with E-state index in [2.05, 4.69) is 77.1 Å². The normalized spacial score (nSPS) is 13.6. The molecule has 0 fully saturated rings. The number of rotatable bonds is 4. The molecule has 0 spiro atoms. The first-order chi connectivity index (χ1) is 17.5. The second-order valence-electron chi connectivity index (χ2n) is 9.95. The van der Waals surface area contributed by atoms with Crippen LogP contribution in [-0.4, -0.2) is 0 Å². The molecule has 0 aliphatic rings. The van der Waals surface area contributed by atoms with Crippen molar-refractivity contribution in [2.75, 3.05) is 0 Å². The highest BCUT2D eigenvalue weighted by molar-refractivity contribution is 6.09. The van der Waals surface area contributed by atoms with Crippen LogP contribution in [0, 0.1) is 13.8 Å². The number of aromatic nitrogens is 1. The second-order valence-corrected chi connectivity index (χ2v) is 9.95. The van der Waals surface area contributed by atoms with E-state index in [0.29, 0.717) is 5.56 Å². The Labute approximate surface area is 207 Å². The fourth-order valence-corrected chi connectivity index (χ4v) is 5.17. The van der Waals surface area contributed by atoms with Crippen molar-refractivity contribution in [3.8, 4) is 22.4 Å². The van der Waals surface area contributed by atoms with Gasteiger partial charge in [0.2, 0.25) is 5.69 Å². The van der Waals surface area contributed by atoms with E-state index in [1.54, 1.807) is 6.20 Å². The standard InChI is InChI=1S/C32H34NO/c1-19(2)23-12-10-13-24(20(3)4)31(23)27-17-28(33(7)18-22(27)6)30-21(5)15-16-26-25-11-8-9-14-29(25)34-32(26)30/h8-20H,1-7H3/q+1/i6D3. The van der Waals surface area contributed by atoms with Crippen molar-refractivity contribution in [1.29, 1.82) is 0 Å². The first-order valence-corrected chi connectivity index (χ1v) is 12.1. The van der Waals surface area contributed by atoms with E-state index in [-0.39, 0.29) is 11.8 Å². The van der Waals surface area contributed by atoms with Crippen molar-refractivity contribution in [2.24, 2.45) is 7.05 Å². The van der Waals surface area contributed by atoms with Crippen LogP contribution in [0.15, 0.2) is 71.3 Å². The summed E-state index contributed by atoms with van der Waals surface area (Å²) in [5.74, 6) is 0.493. The summed E-state index contributed by atoms with van der Waals surface area (Å²) in [7, 11) is 1.92. The fourth-order valence-electron chi connectivity index (χ4n) is 5.17. The third kappa shape index (κ3) is 3.53. The van der Waals surface area contributed by atoms with Crippen molar-refractivity contribution in [3.05, 3.63) is 89.1 Å². The highest BCUT2D eigenvalue weighted by Crippen LogP contribution is 2.41. The molecule has 0 saturated heterocycles. The molecule has 0 radical (unpaired) electrons. The lowest BCUT2D eigenvalue weighted by Gasteiger charge is -2.21. The van der Waals surface area contributed by atoms with Gasteiger partial charge in [0.15, 0.2) is 6.20 Å². The van der Waals surface area contributed by atoms with Crippen LogP contribution in [0.1, 0.15) is 65.9 Å². The Hall–Kier alpha value is -3.39. The summed E-state index contributed by atoms with van der Waals surface area (Å²) in [6.45, 7) is 8.50. The molecule has 0 aliphatic carbocycles. The van der Waals surface area contributed by atoms with Crippen LogP contribution in [0.3, 0.4) is 0 Å². The number of fused-ring (bicyclic) bond motifs is 3. The average molecular weight is 452 g/mol. The maximum absolute atomic E-state index is 8.44. The zero-order chi connectivity index (χ0) is 26.6. The minimum absolute atomic E-state index is 0.246. The minimum Gasteiger partial charge on any atom is -0.455 e. The largest absolute Gasteiger partial charge is 0.455 e. The van der Waals surface area contributed by atoms with Gasteiger partial charge in [0, 0.05) is 26.5 Å². The van der Waals surface area contributed by atoms with Crippen LogP contribution in [0.2, 0.25) is 0 Å². The molecule has 2 heterocycles. The SMILES string of the molecule is [2H]C([2H])([2H])c1c[n+](C)c(-c2c(C)ccc3c2oc2ccccc23)cc1-c1c(C(C)C)cccc1C(C)C. The molecule has 2 heteroatoms. The van der Waals surface area contributed by atoms with Gasteiger partial charge in [-0.2, -0.15) is 0 Å². The Balaban J connectivity index is 1.91. The predicted octanol–water partition coefficient (Wildman–Crippen LogP) is 8.61. The lowest BCUT2D eigenvalue weighted by Crippen LogP contribution is -2.31. The van der Waals surface area contributed by atoms with Gasteiger partial charge in [-0.15, -0.1) is 0 Å². The molecule has 172 valence electrons. The van der Waals surface area contributed by atoms with Crippen LogP contribution in [0.5, 0.6) is 0 Å². The Morgan fingerprint density at radius 3 is 2.18 bits per heavy atom. The predicted molar refractivity (Wildman–Crippen MR) is 143 cm³/mol. The smallest absolute Gasteiger partial charge is 0.216 e. The number of pyridine rings is 1. The summed E-state index contributed by atoms with van der Waals surface area (Å²) >= 11 is 0. The van der Waals surface area contributed by atoms with Crippen molar-refractivity contribution >= 4 is 21.9 Å². The van der Waals surface area contributed by atoms with Crippen LogP contribution in [0.4, 0.5) is 0 Å². The Morgan fingerprint density at radius 1 is 0.794 bits per heavy atom. The highest BCUT2D eigenvalue weighted by Gasteiger charge is 2.25. The molecule has 0 unspecified atom stereocenters. The third-order valence-corrected chi connectivity index (χ3v) is 6.93. The van der Waals surface area contributed by atoms with E-state index < -0.39 is 6.85 Å². The first kappa shape index (κ1) is 19.0. The summed E-state index contributed by atoms with van der Waals surface area (Å²) < 4.78 is 33.7. The maximum Gasteiger partial charge on any atom is 0.216 e. The lowest BCUT2D eigenvalue weighted by atomic mass is 9.83. The number of benzene rings is 3. The van der Waals surface area contributed by atoms with Gasteiger partial charge in [-0.3, -0.25) is 0 Å². The zero-order valence-electron chi connectivity index (χ0n) is 23.9. The van der Waals surface area contributed by atoms with Crippen molar-refractivity contribution in [1.82, 2.24) is 0 Å². The van der Waals surface area contributed by atoms with Crippen molar-refractivity contribution in [3.63, 3.8) is 0 Å². The number of para-hydroxylation sites is 1. The molecule has 0 atom stereocenters. The Kier molecular flexibility index (Phi) is 4.71. The molecule has 0 aliphatic heterocycles. The monoisotopic (exact) mass is 451 g/mol. The Bertz CT molecular complexity index is 1610. The van der Waals surface area contributed by atoms with Crippen LogP contribution >= 0.6 is 0 Å².